The number of methoxy groups -OCH3 is 2. The highest BCUT2D eigenvalue weighted by molar-refractivity contribution is 7.92. The summed E-state index contributed by atoms with van der Waals surface area (Å²) in [6, 6.07) is 16.8. The predicted molar refractivity (Wildman–Crippen MR) is 155 cm³/mol. The van der Waals surface area contributed by atoms with E-state index < -0.39 is 34.3 Å². The lowest BCUT2D eigenvalue weighted by molar-refractivity contribution is -0.140. The van der Waals surface area contributed by atoms with E-state index in [-0.39, 0.29) is 41.2 Å². The highest BCUT2D eigenvalue weighted by Crippen LogP contribution is 2.34. The number of anilines is 1. The Morgan fingerprint density at radius 1 is 0.927 bits per heavy atom. The summed E-state index contributed by atoms with van der Waals surface area (Å²) >= 11 is 0. The summed E-state index contributed by atoms with van der Waals surface area (Å²) in [6.07, 6.45) is 0.271. The van der Waals surface area contributed by atoms with Crippen LogP contribution in [0.4, 0.5) is 10.1 Å². The molecule has 0 aliphatic carbocycles. The first-order valence-electron chi connectivity index (χ1n) is 13.2. The Bertz CT molecular complexity index is 1430. The summed E-state index contributed by atoms with van der Waals surface area (Å²) in [4.78, 5) is 28.5. The van der Waals surface area contributed by atoms with E-state index in [0.717, 1.165) is 4.31 Å². The smallest absolute Gasteiger partial charge is 0.264 e. The molecule has 1 N–H and O–H groups in total. The van der Waals surface area contributed by atoms with Crippen molar-refractivity contribution < 1.29 is 31.9 Å². The van der Waals surface area contributed by atoms with Gasteiger partial charge in [-0.3, -0.25) is 13.9 Å². The van der Waals surface area contributed by atoms with Gasteiger partial charge in [-0.05, 0) is 62.2 Å². The molecule has 0 saturated carbocycles. The van der Waals surface area contributed by atoms with Crippen molar-refractivity contribution in [2.75, 3.05) is 25.1 Å². The van der Waals surface area contributed by atoms with Gasteiger partial charge < -0.3 is 19.7 Å². The van der Waals surface area contributed by atoms with Crippen molar-refractivity contribution >= 4 is 27.5 Å². The molecule has 9 nitrogen and oxygen atoms in total. The molecule has 0 aromatic heterocycles. The summed E-state index contributed by atoms with van der Waals surface area (Å²) in [7, 11) is -1.36. The minimum atomic E-state index is -4.24. The third kappa shape index (κ3) is 7.75. The first-order chi connectivity index (χ1) is 19.5. The molecule has 0 saturated heterocycles. The third-order valence-electron chi connectivity index (χ3n) is 6.35. The first-order valence-corrected chi connectivity index (χ1v) is 14.6. The number of hydrogen-bond acceptors (Lipinski definition) is 6. The molecule has 2 amide bonds. The van der Waals surface area contributed by atoms with Crippen LogP contribution < -0.4 is 19.1 Å². The molecule has 0 aliphatic heterocycles. The van der Waals surface area contributed by atoms with E-state index in [4.69, 9.17) is 9.47 Å². The van der Waals surface area contributed by atoms with Crippen molar-refractivity contribution in [3.63, 3.8) is 0 Å². The molecular formula is C30H36FN3O6S. The van der Waals surface area contributed by atoms with E-state index in [1.807, 2.05) is 13.8 Å². The van der Waals surface area contributed by atoms with E-state index in [0.29, 0.717) is 11.3 Å². The van der Waals surface area contributed by atoms with Crippen molar-refractivity contribution in [3.8, 4) is 11.5 Å². The molecule has 0 aliphatic rings. The normalized spacial score (nSPS) is 12.0. The maximum Gasteiger partial charge on any atom is 0.264 e. The highest BCUT2D eigenvalue weighted by atomic mass is 32.2. The van der Waals surface area contributed by atoms with Gasteiger partial charge in [-0.2, -0.15) is 0 Å². The lowest BCUT2D eigenvalue weighted by Crippen LogP contribution is -2.53. The number of halogens is 1. The number of hydrogen-bond donors (Lipinski definition) is 1. The molecule has 3 aromatic rings. The largest absolute Gasteiger partial charge is 0.493 e. The number of ether oxygens (including phenoxy) is 2. The molecule has 0 bridgehead atoms. The first kappa shape index (κ1) is 31.4. The summed E-state index contributed by atoms with van der Waals surface area (Å²) in [5.41, 5.74) is 0.750. The number of amides is 2. The number of nitrogens with zero attached hydrogens (tertiary/aromatic N) is 2. The quantitative estimate of drug-likeness (QED) is 0.320. The van der Waals surface area contributed by atoms with Crippen LogP contribution in [0, 0.1) is 5.82 Å². The number of rotatable bonds is 13. The number of sulfonamides is 1. The molecule has 3 aromatic carbocycles. The van der Waals surface area contributed by atoms with Crippen molar-refractivity contribution in [1.29, 1.82) is 0 Å². The average molecular weight is 586 g/mol. The topological polar surface area (TPSA) is 105 Å². The van der Waals surface area contributed by atoms with Crippen LogP contribution in [0.5, 0.6) is 11.5 Å². The van der Waals surface area contributed by atoms with Crippen LogP contribution in [-0.2, 0) is 26.2 Å². The van der Waals surface area contributed by atoms with Gasteiger partial charge in [0, 0.05) is 18.7 Å². The van der Waals surface area contributed by atoms with Gasteiger partial charge in [0.15, 0.2) is 11.5 Å². The molecule has 0 unspecified atom stereocenters. The Kier molecular flexibility index (Phi) is 10.7. The van der Waals surface area contributed by atoms with Gasteiger partial charge in [-0.15, -0.1) is 0 Å². The van der Waals surface area contributed by atoms with Gasteiger partial charge in [-0.1, -0.05) is 37.3 Å². The zero-order valence-corrected chi connectivity index (χ0v) is 24.7. The van der Waals surface area contributed by atoms with Gasteiger partial charge in [0.05, 0.1) is 24.8 Å². The average Bonchev–Trinajstić information content (AvgIpc) is 2.96. The fraction of sp³-hybridized carbons (Fsp3) is 0.333. The summed E-state index contributed by atoms with van der Waals surface area (Å²) in [5.74, 6) is -0.772. The maximum absolute atomic E-state index is 14.1. The van der Waals surface area contributed by atoms with Gasteiger partial charge in [-0.25, -0.2) is 12.8 Å². The molecular weight excluding hydrogens is 549 g/mol. The van der Waals surface area contributed by atoms with Crippen LogP contribution in [0.2, 0.25) is 0 Å². The van der Waals surface area contributed by atoms with Crippen LogP contribution >= 0.6 is 0 Å². The molecule has 0 heterocycles. The fourth-order valence-corrected chi connectivity index (χ4v) is 5.74. The molecule has 220 valence electrons. The molecule has 0 spiro atoms. The second-order valence-electron chi connectivity index (χ2n) is 9.60. The van der Waals surface area contributed by atoms with Crippen molar-refractivity contribution in [2.45, 2.75) is 50.7 Å². The molecule has 1 atom stereocenters. The summed E-state index contributed by atoms with van der Waals surface area (Å²) < 4.78 is 53.1. The Hall–Kier alpha value is -4.12. The molecule has 0 fully saturated rings. The molecule has 0 radical (unpaired) electrons. The van der Waals surface area contributed by atoms with Crippen molar-refractivity contribution in [1.82, 2.24) is 10.2 Å². The van der Waals surface area contributed by atoms with Crippen molar-refractivity contribution in [2.24, 2.45) is 0 Å². The summed E-state index contributed by atoms with van der Waals surface area (Å²) in [5, 5.41) is 2.84. The number of nitrogens with one attached hydrogen (secondary N) is 1. The minimum Gasteiger partial charge on any atom is -0.493 e. The zero-order chi connectivity index (χ0) is 30.2. The Morgan fingerprint density at radius 2 is 1.56 bits per heavy atom. The number of benzene rings is 3. The van der Waals surface area contributed by atoms with Crippen molar-refractivity contribution in [3.05, 3.63) is 84.2 Å². The Balaban J connectivity index is 2.10. The zero-order valence-electron chi connectivity index (χ0n) is 23.8. The van der Waals surface area contributed by atoms with Gasteiger partial charge in [0.1, 0.15) is 18.4 Å². The standard InChI is InChI=1S/C30H36FN3O6S/c1-6-26(30(36)32-21(2)3)33(19-22-12-14-23(31)15-13-22)29(35)20-34(41(37,38)25-10-8-7-9-11-25)24-16-17-27(39-4)28(18-24)40-5/h7-18,21,26H,6,19-20H2,1-5H3,(H,32,36)/t26-/m1/s1. The maximum atomic E-state index is 14.1. The SMILES string of the molecule is CC[C@H](C(=O)NC(C)C)N(Cc1ccc(F)cc1)C(=O)CN(c1ccc(OC)c(OC)c1)S(=O)(=O)c1ccccc1. The Morgan fingerprint density at radius 3 is 2.12 bits per heavy atom. The van der Waals surface area contributed by atoms with Gasteiger partial charge in [0.2, 0.25) is 11.8 Å². The molecule has 41 heavy (non-hydrogen) atoms. The van der Waals surface area contributed by atoms with Gasteiger partial charge >= 0.3 is 0 Å². The fourth-order valence-electron chi connectivity index (χ4n) is 4.32. The number of carbonyl (C=O) groups is 2. The van der Waals surface area contributed by atoms with Gasteiger partial charge in [0.25, 0.3) is 10.0 Å². The van der Waals surface area contributed by atoms with E-state index in [9.17, 15) is 22.4 Å². The predicted octanol–water partition coefficient (Wildman–Crippen LogP) is 4.37. The lowest BCUT2D eigenvalue weighted by atomic mass is 10.1. The second kappa shape index (κ2) is 14.0. The van der Waals surface area contributed by atoms with E-state index in [1.165, 1.54) is 67.7 Å². The molecule has 11 heteroatoms. The number of carbonyl (C=O) groups excluding carboxylic acids is 2. The van der Waals surface area contributed by atoms with E-state index in [2.05, 4.69) is 5.32 Å². The van der Waals surface area contributed by atoms with E-state index >= 15 is 0 Å². The second-order valence-corrected chi connectivity index (χ2v) is 11.5. The lowest BCUT2D eigenvalue weighted by Gasteiger charge is -2.33. The summed E-state index contributed by atoms with van der Waals surface area (Å²) in [6.45, 7) is 4.74. The van der Waals surface area contributed by atoms with Crippen LogP contribution in [0.15, 0.2) is 77.7 Å². The van der Waals surface area contributed by atoms with Crippen LogP contribution in [0.1, 0.15) is 32.8 Å². The minimum absolute atomic E-state index is 0.0164. The van der Waals surface area contributed by atoms with Crippen LogP contribution in [0.25, 0.3) is 0 Å². The molecule has 3 rings (SSSR count). The monoisotopic (exact) mass is 585 g/mol. The Labute approximate surface area is 240 Å². The van der Waals surface area contributed by atoms with Crippen LogP contribution in [0.3, 0.4) is 0 Å². The third-order valence-corrected chi connectivity index (χ3v) is 8.14. The highest BCUT2D eigenvalue weighted by Gasteiger charge is 2.34. The van der Waals surface area contributed by atoms with E-state index in [1.54, 1.807) is 31.2 Å². The van der Waals surface area contributed by atoms with Crippen LogP contribution in [-0.4, -0.2) is 58.0 Å².